The van der Waals surface area contributed by atoms with E-state index in [9.17, 15) is 14.4 Å². The van der Waals surface area contributed by atoms with Crippen LogP contribution in [0, 0.1) is 18.3 Å². The number of nitrogens with zero attached hydrogens (tertiary/aromatic N) is 1. The molecular formula is C26H39N3O3. The van der Waals surface area contributed by atoms with Crippen LogP contribution in [0.1, 0.15) is 81.6 Å². The van der Waals surface area contributed by atoms with E-state index in [1.807, 2.05) is 36.1 Å². The molecule has 1 unspecified atom stereocenters. The average molecular weight is 442 g/mol. The highest BCUT2D eigenvalue weighted by molar-refractivity contribution is 5.95. The number of aryl methyl sites for hydroxylation is 1. The van der Waals surface area contributed by atoms with Gasteiger partial charge in [0.15, 0.2) is 0 Å². The number of hydrogen-bond donors (Lipinski definition) is 2. The van der Waals surface area contributed by atoms with E-state index in [4.69, 9.17) is 0 Å². The molecule has 1 saturated carbocycles. The Morgan fingerprint density at radius 1 is 0.969 bits per heavy atom. The predicted molar refractivity (Wildman–Crippen MR) is 126 cm³/mol. The first-order valence-electron chi connectivity index (χ1n) is 12.1. The minimum atomic E-state index is -0.178. The second-order valence-corrected chi connectivity index (χ2v) is 10.7. The minimum Gasteiger partial charge on any atom is -0.351 e. The smallest absolute Gasteiger partial charge is 0.251 e. The molecule has 2 N–H and O–H groups in total. The van der Waals surface area contributed by atoms with E-state index in [0.29, 0.717) is 18.5 Å². The summed E-state index contributed by atoms with van der Waals surface area (Å²) in [5, 5.41) is 6.40. The Hall–Kier alpha value is -2.37. The van der Waals surface area contributed by atoms with Gasteiger partial charge in [-0.15, -0.1) is 0 Å². The first-order chi connectivity index (χ1) is 15.1. The quantitative estimate of drug-likeness (QED) is 0.729. The van der Waals surface area contributed by atoms with Crippen LogP contribution in [0.3, 0.4) is 0 Å². The molecule has 3 amide bonds. The van der Waals surface area contributed by atoms with E-state index < -0.39 is 0 Å². The average Bonchev–Trinajstić information content (AvgIpc) is 2.74. The molecule has 1 aliphatic carbocycles. The normalized spacial score (nSPS) is 24.0. The zero-order chi connectivity index (χ0) is 23.3. The van der Waals surface area contributed by atoms with Crippen molar-refractivity contribution in [2.24, 2.45) is 11.3 Å². The third kappa shape index (κ3) is 6.57. The number of carbonyl (C=O) groups is 3. The molecule has 1 aliphatic heterocycles. The van der Waals surface area contributed by atoms with Crippen LogP contribution in [0.4, 0.5) is 0 Å². The van der Waals surface area contributed by atoms with Crippen molar-refractivity contribution in [3.63, 3.8) is 0 Å². The number of hydrogen-bond acceptors (Lipinski definition) is 3. The molecule has 1 saturated heterocycles. The van der Waals surface area contributed by atoms with E-state index in [2.05, 4.69) is 31.4 Å². The van der Waals surface area contributed by atoms with Crippen molar-refractivity contribution < 1.29 is 14.4 Å². The van der Waals surface area contributed by atoms with Crippen molar-refractivity contribution in [2.45, 2.75) is 84.7 Å². The highest BCUT2D eigenvalue weighted by atomic mass is 16.2. The highest BCUT2D eigenvalue weighted by Gasteiger charge is 2.33. The Kier molecular flexibility index (Phi) is 7.96. The monoisotopic (exact) mass is 441 g/mol. The standard InChI is InChI=1S/C26H39N3O3/c1-18-10-5-6-12-20(18)25(32)28-22-14-8-7-13-21(22)27-24(31)19-11-9-15-29(17-19)23(30)16-26(2,3)4/h5-6,10,12,19,21-22H,7-9,11,13-17H2,1-4H3,(H,27,31)(H,28,32)/t19?,21-,22-/m1/s1. The molecule has 0 bridgehead atoms. The van der Waals surface area contributed by atoms with Crippen molar-refractivity contribution in [1.29, 1.82) is 0 Å². The molecule has 2 fully saturated rings. The van der Waals surface area contributed by atoms with Gasteiger partial charge in [-0.25, -0.2) is 0 Å². The largest absolute Gasteiger partial charge is 0.351 e. The van der Waals surface area contributed by atoms with Crippen molar-refractivity contribution in [2.75, 3.05) is 13.1 Å². The van der Waals surface area contributed by atoms with E-state index in [-0.39, 0.29) is 41.1 Å². The molecule has 3 rings (SSSR count). The van der Waals surface area contributed by atoms with Crippen LogP contribution >= 0.6 is 0 Å². The molecule has 1 aromatic carbocycles. The molecule has 0 radical (unpaired) electrons. The molecule has 6 heteroatoms. The Labute approximate surface area is 192 Å². The summed E-state index contributed by atoms with van der Waals surface area (Å²) in [4.78, 5) is 40.5. The zero-order valence-corrected chi connectivity index (χ0v) is 20.1. The molecule has 32 heavy (non-hydrogen) atoms. The van der Waals surface area contributed by atoms with Crippen LogP contribution < -0.4 is 10.6 Å². The molecule has 3 atom stereocenters. The van der Waals surface area contributed by atoms with Crippen LogP contribution in [0.25, 0.3) is 0 Å². The Morgan fingerprint density at radius 3 is 2.28 bits per heavy atom. The third-order valence-electron chi connectivity index (χ3n) is 6.63. The molecule has 1 heterocycles. The first kappa shape index (κ1) is 24.3. The van der Waals surface area contributed by atoms with Crippen LogP contribution in [0.2, 0.25) is 0 Å². The fraction of sp³-hybridized carbons (Fsp3) is 0.654. The fourth-order valence-electron chi connectivity index (χ4n) is 4.83. The van der Waals surface area contributed by atoms with Gasteiger partial charge in [0.2, 0.25) is 11.8 Å². The summed E-state index contributed by atoms with van der Waals surface area (Å²) in [5.41, 5.74) is 1.57. The van der Waals surface area contributed by atoms with Gasteiger partial charge in [-0.1, -0.05) is 51.8 Å². The number of rotatable bonds is 5. The van der Waals surface area contributed by atoms with Crippen molar-refractivity contribution in [3.8, 4) is 0 Å². The molecule has 176 valence electrons. The molecule has 2 aliphatic rings. The number of piperidine rings is 1. The van der Waals surface area contributed by atoms with E-state index in [0.717, 1.165) is 50.6 Å². The van der Waals surface area contributed by atoms with Gasteiger partial charge >= 0.3 is 0 Å². The molecule has 0 aromatic heterocycles. The Morgan fingerprint density at radius 2 is 1.62 bits per heavy atom. The summed E-state index contributed by atoms with van der Waals surface area (Å²) in [6.07, 6.45) is 5.97. The number of benzene rings is 1. The van der Waals surface area contributed by atoms with Crippen molar-refractivity contribution in [1.82, 2.24) is 15.5 Å². The van der Waals surface area contributed by atoms with Crippen molar-refractivity contribution >= 4 is 17.7 Å². The van der Waals surface area contributed by atoms with Crippen LogP contribution in [0.5, 0.6) is 0 Å². The van der Waals surface area contributed by atoms with Gasteiger partial charge < -0.3 is 15.5 Å². The van der Waals surface area contributed by atoms with Gasteiger partial charge in [-0.05, 0) is 49.7 Å². The Bertz CT molecular complexity index is 830. The zero-order valence-electron chi connectivity index (χ0n) is 20.1. The van der Waals surface area contributed by atoms with Gasteiger partial charge in [0, 0.05) is 37.2 Å². The van der Waals surface area contributed by atoms with Crippen LogP contribution in [-0.4, -0.2) is 47.8 Å². The lowest BCUT2D eigenvalue weighted by molar-refractivity contribution is -0.137. The molecule has 1 aromatic rings. The molecule has 6 nitrogen and oxygen atoms in total. The number of likely N-dealkylation sites (tertiary alicyclic amines) is 1. The third-order valence-corrected chi connectivity index (χ3v) is 6.63. The van der Waals surface area contributed by atoms with Gasteiger partial charge in [0.1, 0.15) is 0 Å². The molecule has 0 spiro atoms. The minimum absolute atomic E-state index is 0.0142. The van der Waals surface area contributed by atoms with Gasteiger partial charge in [0.25, 0.3) is 5.91 Å². The SMILES string of the molecule is Cc1ccccc1C(=O)N[C@@H]1CCCC[C@H]1NC(=O)C1CCCN(C(=O)CC(C)(C)C)C1. The van der Waals surface area contributed by atoms with Crippen LogP contribution in [0.15, 0.2) is 24.3 Å². The highest BCUT2D eigenvalue weighted by Crippen LogP contribution is 2.25. The lowest BCUT2D eigenvalue weighted by atomic mass is 9.88. The summed E-state index contributed by atoms with van der Waals surface area (Å²) in [6.45, 7) is 9.35. The first-order valence-corrected chi connectivity index (χ1v) is 12.1. The van der Waals surface area contributed by atoms with Gasteiger partial charge in [-0.3, -0.25) is 14.4 Å². The maximum absolute atomic E-state index is 13.1. The lowest BCUT2D eigenvalue weighted by Crippen LogP contribution is -2.55. The number of nitrogens with one attached hydrogen (secondary N) is 2. The molecular weight excluding hydrogens is 402 g/mol. The summed E-state index contributed by atoms with van der Waals surface area (Å²) in [5.74, 6) is -0.107. The summed E-state index contributed by atoms with van der Waals surface area (Å²) in [6, 6.07) is 7.44. The maximum atomic E-state index is 13.1. The number of amides is 3. The van der Waals surface area contributed by atoms with E-state index in [1.165, 1.54) is 0 Å². The van der Waals surface area contributed by atoms with Crippen molar-refractivity contribution in [3.05, 3.63) is 35.4 Å². The van der Waals surface area contributed by atoms with E-state index in [1.54, 1.807) is 0 Å². The maximum Gasteiger partial charge on any atom is 0.251 e. The second kappa shape index (κ2) is 10.5. The van der Waals surface area contributed by atoms with Gasteiger partial charge in [-0.2, -0.15) is 0 Å². The topological polar surface area (TPSA) is 78.5 Å². The second-order valence-electron chi connectivity index (χ2n) is 10.7. The fourth-order valence-corrected chi connectivity index (χ4v) is 4.83. The van der Waals surface area contributed by atoms with Crippen LogP contribution in [-0.2, 0) is 9.59 Å². The summed E-state index contributed by atoms with van der Waals surface area (Å²) >= 11 is 0. The number of carbonyl (C=O) groups excluding carboxylic acids is 3. The summed E-state index contributed by atoms with van der Waals surface area (Å²) < 4.78 is 0. The lowest BCUT2D eigenvalue weighted by Gasteiger charge is -2.37. The van der Waals surface area contributed by atoms with E-state index >= 15 is 0 Å². The predicted octanol–water partition coefficient (Wildman–Crippen LogP) is 3.83. The summed E-state index contributed by atoms with van der Waals surface area (Å²) in [7, 11) is 0. The van der Waals surface area contributed by atoms with Gasteiger partial charge in [0.05, 0.1) is 5.92 Å². The Balaban J connectivity index is 1.59.